The summed E-state index contributed by atoms with van der Waals surface area (Å²) in [5, 5.41) is 13.1. The maximum atomic E-state index is 14.6. The summed E-state index contributed by atoms with van der Waals surface area (Å²) < 4.78 is 41.7. The average Bonchev–Trinajstić information content (AvgIpc) is 3.75. The van der Waals surface area contributed by atoms with Gasteiger partial charge >= 0.3 is 0 Å². The molecule has 10 nitrogen and oxygen atoms in total. The molecule has 39 heavy (non-hydrogen) atoms. The van der Waals surface area contributed by atoms with E-state index in [1.54, 1.807) is 44.2 Å². The molecule has 0 bridgehead atoms. The van der Waals surface area contributed by atoms with Crippen LogP contribution >= 0.6 is 0 Å². The molecule has 208 valence electrons. The fourth-order valence-corrected chi connectivity index (χ4v) is 5.13. The number of carbonyl (C=O) groups is 2. The van der Waals surface area contributed by atoms with Gasteiger partial charge in [0, 0.05) is 37.4 Å². The van der Waals surface area contributed by atoms with Gasteiger partial charge in [-0.1, -0.05) is 38.1 Å². The van der Waals surface area contributed by atoms with E-state index < -0.39 is 27.2 Å². The third-order valence-electron chi connectivity index (χ3n) is 6.54. The van der Waals surface area contributed by atoms with Crippen molar-refractivity contribution in [3.63, 3.8) is 0 Å². The van der Waals surface area contributed by atoms with Crippen molar-refractivity contribution < 1.29 is 22.4 Å². The van der Waals surface area contributed by atoms with Crippen molar-refractivity contribution in [3.8, 4) is 0 Å². The van der Waals surface area contributed by atoms with Gasteiger partial charge in [-0.3, -0.25) is 14.4 Å². The van der Waals surface area contributed by atoms with Crippen LogP contribution in [-0.2, 0) is 21.2 Å². The van der Waals surface area contributed by atoms with E-state index >= 15 is 0 Å². The lowest BCUT2D eigenvalue weighted by molar-refractivity contribution is -0.122. The zero-order valence-corrected chi connectivity index (χ0v) is 22.7. The highest BCUT2D eigenvalue weighted by Crippen LogP contribution is 2.28. The van der Waals surface area contributed by atoms with Crippen LogP contribution in [0.1, 0.15) is 48.3 Å². The van der Waals surface area contributed by atoms with Gasteiger partial charge in [-0.2, -0.15) is 5.10 Å². The number of fused-ring (bicyclic) bond motifs is 1. The van der Waals surface area contributed by atoms with Crippen molar-refractivity contribution in [2.75, 3.05) is 25.4 Å². The molecule has 3 aromatic rings. The largest absolute Gasteiger partial charge is 0.355 e. The lowest BCUT2D eigenvalue weighted by atomic mass is 9.93. The Balaban J connectivity index is 1.33. The molecule has 1 aliphatic carbocycles. The van der Waals surface area contributed by atoms with E-state index in [-0.39, 0.29) is 54.8 Å². The number of sulfonamides is 1. The number of hydrogen-bond acceptors (Lipinski definition) is 6. The monoisotopic (exact) mass is 557 g/mol. The number of benzene rings is 2. The number of H-pyrrole nitrogens is 1. The van der Waals surface area contributed by atoms with E-state index in [1.165, 1.54) is 12.1 Å². The first-order valence-electron chi connectivity index (χ1n) is 12.7. The Morgan fingerprint density at radius 1 is 1.08 bits per heavy atom. The number of hydrogen-bond donors (Lipinski definition) is 4. The molecule has 0 unspecified atom stereocenters. The molecule has 12 heteroatoms. The second-order valence-corrected chi connectivity index (χ2v) is 12.5. The number of halogens is 1. The van der Waals surface area contributed by atoms with Crippen LogP contribution in [0.5, 0.6) is 0 Å². The third kappa shape index (κ3) is 7.70. The van der Waals surface area contributed by atoms with Gasteiger partial charge in [0.05, 0.1) is 22.4 Å². The molecule has 1 fully saturated rings. The van der Waals surface area contributed by atoms with E-state index in [2.05, 4.69) is 25.6 Å². The topological polar surface area (TPSA) is 150 Å². The number of carbonyl (C=O) groups excluding carboxylic acids is 2. The van der Waals surface area contributed by atoms with Crippen LogP contribution in [0.3, 0.4) is 0 Å². The summed E-state index contributed by atoms with van der Waals surface area (Å²) in [5.74, 6) is -1.68. The summed E-state index contributed by atoms with van der Waals surface area (Å²) >= 11 is 0. The van der Waals surface area contributed by atoms with E-state index in [0.717, 1.165) is 12.8 Å². The fraction of sp³-hybridized carbons (Fsp3) is 0.407. The Morgan fingerprint density at radius 3 is 2.51 bits per heavy atom. The molecule has 4 N–H and O–H groups in total. The first-order valence-corrected chi connectivity index (χ1v) is 14.4. The number of rotatable bonds is 12. The molecular weight excluding hydrogens is 525 g/mol. The Bertz CT molecular complexity index is 1550. The SMILES string of the molecule is CC(C)(CNC(=O)c1cc(Cc2n[nH]c(=O)c3ccccc23)ccc1F)CNS(=O)(=O)CCNC(=O)C1CC1. The quantitative estimate of drug-likeness (QED) is 0.267. The van der Waals surface area contributed by atoms with Crippen molar-refractivity contribution >= 4 is 32.6 Å². The van der Waals surface area contributed by atoms with Crippen LogP contribution < -0.4 is 20.9 Å². The summed E-state index contributed by atoms with van der Waals surface area (Å²) in [4.78, 5) is 36.6. The molecule has 0 saturated heterocycles. The molecule has 1 saturated carbocycles. The van der Waals surface area contributed by atoms with Crippen molar-refractivity contribution in [3.05, 3.63) is 75.5 Å². The van der Waals surface area contributed by atoms with Crippen molar-refractivity contribution in [2.45, 2.75) is 33.1 Å². The number of nitrogens with one attached hydrogen (secondary N) is 4. The fourth-order valence-electron chi connectivity index (χ4n) is 4.01. The third-order valence-corrected chi connectivity index (χ3v) is 7.86. The number of amides is 2. The molecule has 2 amide bonds. The van der Waals surface area contributed by atoms with Gasteiger partial charge < -0.3 is 10.6 Å². The first kappa shape index (κ1) is 28.4. The minimum Gasteiger partial charge on any atom is -0.355 e. The smallest absolute Gasteiger partial charge is 0.272 e. The molecule has 1 aliphatic rings. The Morgan fingerprint density at radius 2 is 1.79 bits per heavy atom. The van der Waals surface area contributed by atoms with Crippen molar-refractivity contribution in [1.29, 1.82) is 0 Å². The number of aromatic nitrogens is 2. The minimum absolute atomic E-state index is 0.00847. The lowest BCUT2D eigenvalue weighted by Crippen LogP contribution is -2.43. The molecule has 1 aromatic heterocycles. The second kappa shape index (κ2) is 11.6. The number of aromatic amines is 1. The van der Waals surface area contributed by atoms with Gasteiger partial charge in [0.25, 0.3) is 11.5 Å². The zero-order chi connectivity index (χ0) is 28.2. The molecule has 0 radical (unpaired) electrons. The molecule has 1 heterocycles. The van der Waals surface area contributed by atoms with E-state index in [1.807, 2.05) is 0 Å². The van der Waals surface area contributed by atoms with Gasteiger partial charge in [-0.25, -0.2) is 22.6 Å². The van der Waals surface area contributed by atoms with Gasteiger partial charge in [0.1, 0.15) is 5.82 Å². The molecule has 4 rings (SSSR count). The van der Waals surface area contributed by atoms with Crippen LogP contribution in [0.2, 0.25) is 0 Å². The second-order valence-electron chi connectivity index (χ2n) is 10.6. The van der Waals surface area contributed by atoms with Gasteiger partial charge in [0.15, 0.2) is 0 Å². The summed E-state index contributed by atoms with van der Waals surface area (Å²) in [5.41, 5.74) is 0.0887. The molecule has 0 atom stereocenters. The van der Waals surface area contributed by atoms with E-state index in [0.29, 0.717) is 22.0 Å². The molecule has 0 aliphatic heterocycles. The van der Waals surface area contributed by atoms with Gasteiger partial charge in [-0.15, -0.1) is 0 Å². The predicted molar refractivity (Wildman–Crippen MR) is 145 cm³/mol. The number of nitrogens with zero attached hydrogens (tertiary/aromatic N) is 1. The minimum atomic E-state index is -3.63. The highest BCUT2D eigenvalue weighted by atomic mass is 32.2. The highest BCUT2D eigenvalue weighted by Gasteiger charge is 2.29. The van der Waals surface area contributed by atoms with Gasteiger partial charge in [0.2, 0.25) is 15.9 Å². The van der Waals surface area contributed by atoms with Crippen molar-refractivity contribution in [2.24, 2.45) is 11.3 Å². The van der Waals surface area contributed by atoms with E-state index in [9.17, 15) is 27.2 Å². The normalized spacial score (nSPS) is 13.8. The zero-order valence-electron chi connectivity index (χ0n) is 21.8. The van der Waals surface area contributed by atoms with Crippen molar-refractivity contribution in [1.82, 2.24) is 25.6 Å². The predicted octanol–water partition coefficient (Wildman–Crippen LogP) is 1.85. The van der Waals surface area contributed by atoms with Crippen LogP contribution in [0.25, 0.3) is 10.8 Å². The Hall–Kier alpha value is -3.64. The molecule has 0 spiro atoms. The summed E-state index contributed by atoms with van der Waals surface area (Å²) in [7, 11) is -3.63. The van der Waals surface area contributed by atoms with Crippen LogP contribution in [-0.4, -0.2) is 55.8 Å². The standard InChI is InChI=1S/C27H32FN5O5S/c1-27(2,16-31-39(37,38)12-11-29-24(34)18-8-9-18)15-30-25(35)21-13-17(7-10-22(21)28)14-23-19-5-3-4-6-20(19)26(36)33-32-23/h3-7,10,13,18,31H,8-9,11-12,14-16H2,1-2H3,(H,29,34)(H,30,35)(H,33,36). The van der Waals surface area contributed by atoms with Crippen LogP contribution in [0.15, 0.2) is 47.3 Å². The highest BCUT2D eigenvalue weighted by molar-refractivity contribution is 7.89. The molecular formula is C27H32FN5O5S. The Kier molecular flexibility index (Phi) is 8.45. The maximum absolute atomic E-state index is 14.6. The van der Waals surface area contributed by atoms with Crippen LogP contribution in [0, 0.1) is 17.2 Å². The average molecular weight is 558 g/mol. The van der Waals surface area contributed by atoms with Gasteiger partial charge in [-0.05, 0) is 42.0 Å². The first-order chi connectivity index (χ1) is 18.4. The lowest BCUT2D eigenvalue weighted by Gasteiger charge is -2.25. The summed E-state index contributed by atoms with van der Waals surface area (Å²) in [6.07, 6.45) is 1.95. The summed E-state index contributed by atoms with van der Waals surface area (Å²) in [6, 6.07) is 11.2. The maximum Gasteiger partial charge on any atom is 0.272 e. The van der Waals surface area contributed by atoms with Crippen LogP contribution in [0.4, 0.5) is 4.39 Å². The summed E-state index contributed by atoms with van der Waals surface area (Å²) in [6.45, 7) is 3.69. The van der Waals surface area contributed by atoms with E-state index in [4.69, 9.17) is 0 Å². The Labute approximate surface area is 225 Å². The molecule has 2 aromatic carbocycles.